The van der Waals surface area contributed by atoms with E-state index in [9.17, 15) is 13.2 Å². The summed E-state index contributed by atoms with van der Waals surface area (Å²) in [6.07, 6.45) is -3.03. The number of nitrogens with zero attached hydrogens (tertiary/aromatic N) is 2. The number of ether oxygens (including phenoxy) is 2. The van der Waals surface area contributed by atoms with Crippen LogP contribution in [0, 0.1) is 0 Å². The van der Waals surface area contributed by atoms with Crippen LogP contribution in [0.4, 0.5) is 13.2 Å². The Hall–Kier alpha value is -2.87. The molecule has 0 atom stereocenters. The van der Waals surface area contributed by atoms with Gasteiger partial charge in [0.2, 0.25) is 5.89 Å². The summed E-state index contributed by atoms with van der Waals surface area (Å²) in [5.74, 6) is 1.56. The number of methoxy groups -OCH3 is 1. The summed E-state index contributed by atoms with van der Waals surface area (Å²) in [4.78, 5) is 4.57. The van der Waals surface area contributed by atoms with Crippen molar-refractivity contribution in [2.24, 2.45) is 0 Å². The molecule has 2 heterocycles. The Morgan fingerprint density at radius 2 is 1.80 bits per heavy atom. The molecule has 1 aliphatic heterocycles. The van der Waals surface area contributed by atoms with Crippen LogP contribution in [-0.2, 0) is 22.7 Å². The third-order valence-corrected chi connectivity index (χ3v) is 5.49. The second kappa shape index (κ2) is 8.10. The number of rotatable bonds is 5. The smallest absolute Gasteiger partial charge is 0.416 e. The van der Waals surface area contributed by atoms with Crippen molar-refractivity contribution in [2.45, 2.75) is 30.9 Å². The summed E-state index contributed by atoms with van der Waals surface area (Å²) in [5, 5.41) is 4.09. The van der Waals surface area contributed by atoms with Crippen molar-refractivity contribution in [3.05, 3.63) is 76.9 Å². The molecule has 0 aliphatic carbocycles. The van der Waals surface area contributed by atoms with Crippen molar-refractivity contribution >= 4 is 0 Å². The maximum absolute atomic E-state index is 13.3. The third kappa shape index (κ3) is 4.05. The van der Waals surface area contributed by atoms with E-state index in [1.54, 1.807) is 13.2 Å². The first-order valence-electron chi connectivity index (χ1n) is 9.62. The first-order chi connectivity index (χ1) is 14.4. The lowest BCUT2D eigenvalue weighted by atomic mass is 9.73. The molecular weight excluding hydrogens is 397 g/mol. The quantitative estimate of drug-likeness (QED) is 0.597. The number of hydrogen-bond donors (Lipinski definition) is 0. The zero-order valence-electron chi connectivity index (χ0n) is 16.4. The van der Waals surface area contributed by atoms with E-state index in [2.05, 4.69) is 10.1 Å². The van der Waals surface area contributed by atoms with Crippen LogP contribution in [0.25, 0.3) is 0 Å². The number of aromatic nitrogens is 2. The van der Waals surface area contributed by atoms with Gasteiger partial charge < -0.3 is 14.0 Å². The fourth-order valence-corrected chi connectivity index (χ4v) is 3.79. The Morgan fingerprint density at radius 3 is 2.47 bits per heavy atom. The van der Waals surface area contributed by atoms with E-state index in [0.717, 1.165) is 17.4 Å². The van der Waals surface area contributed by atoms with E-state index >= 15 is 0 Å². The molecule has 0 amide bonds. The molecule has 1 aromatic heterocycles. The van der Waals surface area contributed by atoms with Gasteiger partial charge in [0.05, 0.1) is 18.1 Å². The fraction of sp³-hybridized carbons (Fsp3) is 0.364. The molecule has 158 valence electrons. The molecule has 0 bridgehead atoms. The topological polar surface area (TPSA) is 57.4 Å². The average molecular weight is 418 g/mol. The van der Waals surface area contributed by atoms with Crippen molar-refractivity contribution in [3.8, 4) is 5.75 Å². The lowest BCUT2D eigenvalue weighted by Gasteiger charge is -2.34. The van der Waals surface area contributed by atoms with Gasteiger partial charge in [0.1, 0.15) is 5.75 Å². The van der Waals surface area contributed by atoms with Gasteiger partial charge in [-0.1, -0.05) is 35.5 Å². The van der Waals surface area contributed by atoms with Crippen LogP contribution >= 0.6 is 0 Å². The average Bonchev–Trinajstić information content (AvgIpc) is 3.23. The number of halogens is 3. The zero-order valence-corrected chi connectivity index (χ0v) is 16.4. The van der Waals surface area contributed by atoms with E-state index < -0.39 is 17.2 Å². The monoisotopic (exact) mass is 418 g/mol. The third-order valence-electron chi connectivity index (χ3n) is 5.49. The molecule has 5 nitrogen and oxygen atoms in total. The second-order valence-electron chi connectivity index (χ2n) is 7.31. The van der Waals surface area contributed by atoms with Crippen molar-refractivity contribution in [2.75, 3.05) is 20.3 Å². The SMILES string of the molecule is COc1ccc(Cc2noc(C3(c4cccc(C(F)(F)F)c4)CCOCC3)n2)cc1. The van der Waals surface area contributed by atoms with Crippen molar-refractivity contribution in [1.29, 1.82) is 0 Å². The fourth-order valence-electron chi connectivity index (χ4n) is 3.79. The summed E-state index contributed by atoms with van der Waals surface area (Å²) in [6.45, 7) is 0.818. The van der Waals surface area contributed by atoms with Gasteiger partial charge in [-0.3, -0.25) is 0 Å². The minimum atomic E-state index is -4.42. The highest BCUT2D eigenvalue weighted by Crippen LogP contribution is 2.42. The normalized spacial score (nSPS) is 16.4. The Balaban J connectivity index is 1.66. The van der Waals surface area contributed by atoms with E-state index in [4.69, 9.17) is 14.0 Å². The Bertz CT molecular complexity index is 993. The summed E-state index contributed by atoms with van der Waals surface area (Å²) in [5.41, 5.74) is -0.00245. The van der Waals surface area contributed by atoms with Crippen molar-refractivity contribution < 1.29 is 27.2 Å². The summed E-state index contributed by atoms with van der Waals surface area (Å²) >= 11 is 0. The first-order valence-corrected chi connectivity index (χ1v) is 9.62. The lowest BCUT2D eigenvalue weighted by Crippen LogP contribution is -2.35. The van der Waals surface area contributed by atoms with Crippen LogP contribution in [0.1, 0.15) is 41.2 Å². The summed E-state index contributed by atoms with van der Waals surface area (Å²) in [7, 11) is 1.60. The molecule has 3 aromatic rings. The van der Waals surface area contributed by atoms with Gasteiger partial charge in [0.25, 0.3) is 0 Å². The Labute approximate surface area is 171 Å². The predicted molar refractivity (Wildman–Crippen MR) is 102 cm³/mol. The predicted octanol–water partition coefficient (Wildman–Crippen LogP) is 4.78. The van der Waals surface area contributed by atoms with Gasteiger partial charge in [-0.25, -0.2) is 0 Å². The minimum absolute atomic E-state index is 0.327. The van der Waals surface area contributed by atoms with Crippen LogP contribution in [0.5, 0.6) is 5.75 Å². The molecule has 0 unspecified atom stereocenters. The first kappa shape index (κ1) is 20.4. The Kier molecular flexibility index (Phi) is 5.51. The van der Waals surface area contributed by atoms with Crippen LogP contribution in [0.3, 0.4) is 0 Å². The lowest BCUT2D eigenvalue weighted by molar-refractivity contribution is -0.137. The molecule has 2 aromatic carbocycles. The molecule has 1 saturated heterocycles. The highest BCUT2D eigenvalue weighted by molar-refractivity contribution is 5.37. The molecule has 8 heteroatoms. The zero-order chi connectivity index (χ0) is 21.2. The minimum Gasteiger partial charge on any atom is -0.497 e. The van der Waals surface area contributed by atoms with Gasteiger partial charge in [0, 0.05) is 19.6 Å². The van der Waals surface area contributed by atoms with E-state index in [-0.39, 0.29) is 0 Å². The maximum atomic E-state index is 13.3. The highest BCUT2D eigenvalue weighted by atomic mass is 19.4. The number of hydrogen-bond acceptors (Lipinski definition) is 5. The van der Waals surface area contributed by atoms with Crippen molar-refractivity contribution in [1.82, 2.24) is 10.1 Å². The second-order valence-corrected chi connectivity index (χ2v) is 7.31. The van der Waals surface area contributed by atoms with Crippen LogP contribution < -0.4 is 4.74 Å². The van der Waals surface area contributed by atoms with Gasteiger partial charge in [-0.05, 0) is 42.2 Å². The maximum Gasteiger partial charge on any atom is 0.416 e. The summed E-state index contributed by atoms with van der Waals surface area (Å²) in [6, 6.07) is 12.9. The molecule has 0 radical (unpaired) electrons. The number of benzene rings is 2. The molecule has 1 aliphatic rings. The molecular formula is C22H21F3N2O3. The van der Waals surface area contributed by atoms with Gasteiger partial charge >= 0.3 is 6.18 Å². The van der Waals surface area contributed by atoms with Gasteiger partial charge in [-0.2, -0.15) is 18.2 Å². The molecule has 0 saturated carbocycles. The van der Waals surface area contributed by atoms with Gasteiger partial charge in [0.15, 0.2) is 5.82 Å². The molecule has 30 heavy (non-hydrogen) atoms. The van der Waals surface area contributed by atoms with Crippen LogP contribution in [0.2, 0.25) is 0 Å². The number of alkyl halides is 3. The van der Waals surface area contributed by atoms with Crippen LogP contribution in [-0.4, -0.2) is 30.5 Å². The highest BCUT2D eigenvalue weighted by Gasteiger charge is 2.43. The van der Waals surface area contributed by atoms with Crippen molar-refractivity contribution in [3.63, 3.8) is 0 Å². The van der Waals surface area contributed by atoms with E-state index in [1.807, 2.05) is 24.3 Å². The largest absolute Gasteiger partial charge is 0.497 e. The molecule has 1 fully saturated rings. The van der Waals surface area contributed by atoms with Crippen LogP contribution in [0.15, 0.2) is 53.1 Å². The molecule has 0 N–H and O–H groups in total. The van der Waals surface area contributed by atoms with Gasteiger partial charge in [-0.15, -0.1) is 0 Å². The molecule has 4 rings (SSSR count). The Morgan fingerprint density at radius 1 is 1.07 bits per heavy atom. The van der Waals surface area contributed by atoms with E-state index in [1.165, 1.54) is 12.1 Å². The molecule has 0 spiro atoms. The van der Waals surface area contributed by atoms with E-state index in [0.29, 0.717) is 49.8 Å². The summed E-state index contributed by atoms with van der Waals surface area (Å²) < 4.78 is 56.0. The standard InChI is InChI=1S/C22H21F3N2O3/c1-28-18-7-5-15(6-8-18)13-19-26-20(30-27-19)21(9-11-29-12-10-21)16-3-2-4-17(14-16)22(23,24)25/h2-8,14H,9-13H2,1H3.